The highest BCUT2D eigenvalue weighted by Gasteiger charge is 2.29. The van der Waals surface area contributed by atoms with E-state index in [1.807, 2.05) is 25.3 Å². The molecular weight excluding hydrogens is 512 g/mol. The van der Waals surface area contributed by atoms with Gasteiger partial charge in [0.15, 0.2) is 0 Å². The van der Waals surface area contributed by atoms with E-state index in [-0.39, 0.29) is 23.7 Å². The molecule has 4 heterocycles. The molecular formula is C30H40N4O6. The van der Waals surface area contributed by atoms with Gasteiger partial charge in [0.25, 0.3) is 5.56 Å². The van der Waals surface area contributed by atoms with Gasteiger partial charge in [0.05, 0.1) is 55.5 Å². The number of hydrogen-bond acceptors (Lipinski definition) is 8. The minimum Gasteiger partial charge on any atom is -0.460 e. The zero-order valence-corrected chi connectivity index (χ0v) is 23.8. The lowest BCUT2D eigenvalue weighted by atomic mass is 9.95. The maximum Gasteiger partial charge on any atom is 0.311 e. The zero-order chi connectivity index (χ0) is 28.4. The van der Waals surface area contributed by atoms with E-state index >= 15 is 0 Å². The van der Waals surface area contributed by atoms with Crippen molar-refractivity contribution >= 4 is 17.0 Å². The molecule has 0 saturated carbocycles. The Morgan fingerprint density at radius 2 is 2.08 bits per heavy atom. The number of esters is 1. The van der Waals surface area contributed by atoms with Gasteiger partial charge in [0.1, 0.15) is 11.9 Å². The van der Waals surface area contributed by atoms with Crippen molar-refractivity contribution in [2.45, 2.75) is 58.0 Å². The van der Waals surface area contributed by atoms with E-state index in [9.17, 15) is 14.7 Å². The number of hydrogen-bond donors (Lipinski definition) is 1. The predicted molar refractivity (Wildman–Crippen MR) is 151 cm³/mol. The standard InChI is InChI=1S/C30H40N4O6/c1-19-13-22(15-33(4)29(19)36)28-31-26-14-21(5-7-25(20(2)35)30(37)40-23-9-11-38-18-23)6-8-27(26)34(28)17-24-16-32(3)10-12-39-24/h6,8,13-15,20,23-25,35H,5,7,9-12,16-18H2,1-4H3/t20-,23-,24?,25+/m1/s1. The Hall–Kier alpha value is -3.05. The first kappa shape index (κ1) is 28.5. The summed E-state index contributed by atoms with van der Waals surface area (Å²) in [4.78, 5) is 32.5. The average molecular weight is 553 g/mol. The number of carbonyl (C=O) groups is 1. The first-order valence-corrected chi connectivity index (χ1v) is 14.1. The molecule has 0 radical (unpaired) electrons. The Labute approximate surface area is 234 Å². The molecule has 40 heavy (non-hydrogen) atoms. The summed E-state index contributed by atoms with van der Waals surface area (Å²) >= 11 is 0. The van der Waals surface area contributed by atoms with Crippen LogP contribution in [0.2, 0.25) is 0 Å². The lowest BCUT2D eigenvalue weighted by molar-refractivity contribution is -0.158. The monoisotopic (exact) mass is 552 g/mol. The summed E-state index contributed by atoms with van der Waals surface area (Å²) in [6.45, 7) is 7.52. The molecule has 0 spiro atoms. The SMILES string of the molecule is Cc1cc(-c2nc3cc(CC[C@H](C(=O)O[C@@H]4CCOC4)[C@@H](C)O)ccc3n2CC2CN(C)CCO2)cn(C)c1=O. The molecule has 0 bridgehead atoms. The number of aliphatic hydroxyl groups is 1. The number of ether oxygens (including phenoxy) is 3. The predicted octanol–water partition coefficient (Wildman–Crippen LogP) is 2.30. The second-order valence-corrected chi connectivity index (χ2v) is 11.3. The van der Waals surface area contributed by atoms with E-state index in [1.165, 1.54) is 0 Å². The minimum atomic E-state index is -0.814. The molecule has 4 atom stereocenters. The number of nitrogens with zero attached hydrogens (tertiary/aromatic N) is 4. The van der Waals surface area contributed by atoms with Crippen LogP contribution in [0.15, 0.2) is 35.3 Å². The number of pyridine rings is 1. The number of fused-ring (bicyclic) bond motifs is 1. The van der Waals surface area contributed by atoms with Crippen LogP contribution in [-0.2, 0) is 39.0 Å². The summed E-state index contributed by atoms with van der Waals surface area (Å²) in [5.74, 6) is -0.203. The van der Waals surface area contributed by atoms with Crippen molar-refractivity contribution in [1.82, 2.24) is 19.0 Å². The van der Waals surface area contributed by atoms with Crippen LogP contribution < -0.4 is 5.56 Å². The van der Waals surface area contributed by atoms with Gasteiger partial charge in [-0.15, -0.1) is 0 Å². The molecule has 2 saturated heterocycles. The highest BCUT2D eigenvalue weighted by Crippen LogP contribution is 2.28. The smallest absolute Gasteiger partial charge is 0.311 e. The second-order valence-electron chi connectivity index (χ2n) is 11.3. The number of aromatic nitrogens is 3. The van der Waals surface area contributed by atoms with Crippen LogP contribution in [0.3, 0.4) is 0 Å². The number of morpholine rings is 1. The Bertz CT molecular complexity index is 1380. The van der Waals surface area contributed by atoms with Crippen molar-refractivity contribution in [2.75, 3.05) is 40.0 Å². The molecule has 2 aliphatic heterocycles. The van der Waals surface area contributed by atoms with E-state index in [2.05, 4.69) is 28.6 Å². The summed E-state index contributed by atoms with van der Waals surface area (Å²) < 4.78 is 20.8. The first-order chi connectivity index (χ1) is 19.2. The van der Waals surface area contributed by atoms with Crippen LogP contribution in [0.1, 0.15) is 30.9 Å². The second kappa shape index (κ2) is 12.2. The number of aliphatic hydroxyl groups excluding tert-OH is 1. The Morgan fingerprint density at radius 1 is 1.25 bits per heavy atom. The molecule has 2 fully saturated rings. The molecule has 0 aliphatic carbocycles. The van der Waals surface area contributed by atoms with Crippen molar-refractivity contribution in [2.24, 2.45) is 13.0 Å². The number of carbonyl (C=O) groups excluding carboxylic acids is 1. The van der Waals surface area contributed by atoms with Crippen LogP contribution >= 0.6 is 0 Å². The molecule has 0 amide bonds. The fourth-order valence-electron chi connectivity index (χ4n) is 5.65. The van der Waals surface area contributed by atoms with Gasteiger partial charge in [-0.2, -0.15) is 0 Å². The van der Waals surface area contributed by atoms with E-state index in [1.54, 1.807) is 18.5 Å². The van der Waals surface area contributed by atoms with E-state index in [0.717, 1.165) is 41.1 Å². The molecule has 5 rings (SSSR count). The highest BCUT2D eigenvalue weighted by atomic mass is 16.6. The van der Waals surface area contributed by atoms with Crippen LogP contribution in [0, 0.1) is 12.8 Å². The Morgan fingerprint density at radius 3 is 2.77 bits per heavy atom. The maximum atomic E-state index is 12.8. The van der Waals surface area contributed by atoms with Gasteiger partial charge in [-0.25, -0.2) is 4.98 Å². The normalized spacial score (nSPS) is 21.5. The van der Waals surface area contributed by atoms with Gasteiger partial charge in [-0.3, -0.25) is 9.59 Å². The maximum absolute atomic E-state index is 12.8. The summed E-state index contributed by atoms with van der Waals surface area (Å²) in [7, 11) is 3.86. The lowest BCUT2D eigenvalue weighted by Crippen LogP contribution is -2.42. The van der Waals surface area contributed by atoms with Crippen LogP contribution in [0.5, 0.6) is 0 Å². The first-order valence-electron chi connectivity index (χ1n) is 14.1. The highest BCUT2D eigenvalue weighted by molar-refractivity contribution is 5.81. The minimum absolute atomic E-state index is 0.0197. The summed E-state index contributed by atoms with van der Waals surface area (Å²) in [5, 5.41) is 10.3. The van der Waals surface area contributed by atoms with Gasteiger partial charge in [-0.05, 0) is 57.5 Å². The molecule has 3 aromatic rings. The third kappa shape index (κ3) is 6.30. The van der Waals surface area contributed by atoms with Crippen molar-refractivity contribution in [3.63, 3.8) is 0 Å². The molecule has 10 heteroatoms. The summed E-state index contributed by atoms with van der Waals surface area (Å²) in [5.41, 5.74) is 4.34. The van der Waals surface area contributed by atoms with Gasteiger partial charge in [0, 0.05) is 43.9 Å². The molecule has 10 nitrogen and oxygen atoms in total. The van der Waals surface area contributed by atoms with Gasteiger partial charge in [0.2, 0.25) is 0 Å². The van der Waals surface area contributed by atoms with Crippen LogP contribution in [0.25, 0.3) is 22.4 Å². The van der Waals surface area contributed by atoms with Crippen molar-refractivity contribution < 1.29 is 24.1 Å². The van der Waals surface area contributed by atoms with E-state index in [0.29, 0.717) is 51.2 Å². The molecule has 2 aliphatic rings. The van der Waals surface area contributed by atoms with Crippen molar-refractivity contribution in [1.29, 1.82) is 0 Å². The third-order valence-electron chi connectivity index (χ3n) is 7.96. The molecule has 1 aromatic carbocycles. The number of benzene rings is 1. The van der Waals surface area contributed by atoms with Crippen LogP contribution in [0.4, 0.5) is 0 Å². The summed E-state index contributed by atoms with van der Waals surface area (Å²) in [6, 6.07) is 8.06. The topological polar surface area (TPSA) is 108 Å². The molecule has 1 unspecified atom stereocenters. The quantitative estimate of drug-likeness (QED) is 0.403. The number of imidazole rings is 1. The molecule has 1 N–H and O–H groups in total. The zero-order valence-electron chi connectivity index (χ0n) is 23.8. The van der Waals surface area contributed by atoms with Gasteiger partial charge in [-0.1, -0.05) is 6.07 Å². The van der Waals surface area contributed by atoms with Gasteiger partial charge < -0.3 is 33.4 Å². The van der Waals surface area contributed by atoms with Crippen LogP contribution in [-0.4, -0.2) is 88.4 Å². The number of likely N-dealkylation sites (N-methyl/N-ethyl adjacent to an activating group) is 1. The number of rotatable bonds is 9. The van der Waals surface area contributed by atoms with Gasteiger partial charge >= 0.3 is 5.97 Å². The van der Waals surface area contributed by atoms with E-state index in [4.69, 9.17) is 19.2 Å². The Balaban J connectivity index is 1.42. The third-order valence-corrected chi connectivity index (χ3v) is 7.96. The number of aryl methyl sites for hydroxylation is 3. The van der Waals surface area contributed by atoms with E-state index < -0.39 is 12.0 Å². The fraction of sp³-hybridized carbons (Fsp3) is 0.567. The lowest BCUT2D eigenvalue weighted by Gasteiger charge is -2.30. The fourth-order valence-corrected chi connectivity index (χ4v) is 5.65. The van der Waals surface area contributed by atoms with Crippen molar-refractivity contribution in [3.05, 3.63) is 51.9 Å². The summed E-state index contributed by atoms with van der Waals surface area (Å²) in [6.07, 6.45) is 2.55. The molecule has 216 valence electrons. The largest absolute Gasteiger partial charge is 0.460 e. The molecule has 2 aromatic heterocycles. The Kier molecular flexibility index (Phi) is 8.70. The average Bonchev–Trinajstić information content (AvgIpc) is 3.54. The van der Waals surface area contributed by atoms with Crippen molar-refractivity contribution in [3.8, 4) is 11.4 Å².